The average Bonchev–Trinajstić information content (AvgIpc) is 2.17. The smallest absolute Gasteiger partial charge is 0.300 e. The number of aromatic hydroxyl groups is 1. The standard InChI is InChI=1S/C8H8Br2O.C2H4O2/c9-4-6-2-1-3-7(5-10)8(6)11;1-2(3)4/h1-3,11H,4-5H2;1H3,(H,3,4). The van der Waals surface area contributed by atoms with E-state index < -0.39 is 5.97 Å². The second-order valence-corrected chi connectivity index (χ2v) is 3.83. The summed E-state index contributed by atoms with van der Waals surface area (Å²) in [6.07, 6.45) is 0. The Kier molecular flexibility index (Phi) is 7.42. The average molecular weight is 340 g/mol. The van der Waals surface area contributed by atoms with Crippen molar-refractivity contribution in [1.29, 1.82) is 0 Å². The van der Waals surface area contributed by atoms with Gasteiger partial charge in [-0.1, -0.05) is 50.1 Å². The third-order valence-corrected chi connectivity index (χ3v) is 2.70. The summed E-state index contributed by atoms with van der Waals surface area (Å²) in [5, 5.41) is 18.3. The van der Waals surface area contributed by atoms with Crippen LogP contribution < -0.4 is 0 Å². The number of halogens is 2. The molecule has 0 bridgehead atoms. The number of alkyl halides is 2. The molecule has 0 saturated carbocycles. The molecule has 84 valence electrons. The summed E-state index contributed by atoms with van der Waals surface area (Å²) in [7, 11) is 0. The van der Waals surface area contributed by atoms with Crippen LogP contribution >= 0.6 is 31.9 Å². The lowest BCUT2D eigenvalue weighted by Crippen LogP contribution is -1.84. The second kappa shape index (κ2) is 7.70. The van der Waals surface area contributed by atoms with Crippen LogP contribution in [0, 0.1) is 0 Å². The Bertz CT molecular complexity index is 300. The van der Waals surface area contributed by atoms with Crippen LogP contribution in [0.5, 0.6) is 5.75 Å². The maximum atomic E-state index is 9.53. The number of rotatable bonds is 2. The molecule has 0 radical (unpaired) electrons. The molecule has 1 aromatic rings. The highest BCUT2D eigenvalue weighted by atomic mass is 79.9. The van der Waals surface area contributed by atoms with E-state index in [1.54, 1.807) is 0 Å². The third-order valence-electron chi connectivity index (χ3n) is 1.49. The van der Waals surface area contributed by atoms with Crippen molar-refractivity contribution in [2.75, 3.05) is 0 Å². The highest BCUT2D eigenvalue weighted by molar-refractivity contribution is 9.08. The van der Waals surface area contributed by atoms with Crippen LogP contribution in [0.1, 0.15) is 18.1 Å². The topological polar surface area (TPSA) is 57.5 Å². The molecular formula is C10H12Br2O3. The van der Waals surface area contributed by atoms with Gasteiger partial charge in [0.15, 0.2) is 0 Å². The number of aliphatic carboxylic acids is 1. The first-order valence-electron chi connectivity index (χ1n) is 4.14. The van der Waals surface area contributed by atoms with Crippen LogP contribution in [0.4, 0.5) is 0 Å². The van der Waals surface area contributed by atoms with Gasteiger partial charge in [-0.15, -0.1) is 0 Å². The van der Waals surface area contributed by atoms with Crippen LogP contribution in [-0.2, 0) is 15.5 Å². The van der Waals surface area contributed by atoms with Gasteiger partial charge in [0.25, 0.3) is 5.97 Å². The maximum Gasteiger partial charge on any atom is 0.300 e. The SMILES string of the molecule is CC(=O)O.Oc1c(CBr)cccc1CBr. The van der Waals surface area contributed by atoms with Gasteiger partial charge in [-0.05, 0) is 0 Å². The Labute approximate surface area is 105 Å². The van der Waals surface area contributed by atoms with E-state index in [2.05, 4.69) is 31.9 Å². The fourth-order valence-corrected chi connectivity index (χ4v) is 1.77. The number of carboxylic acids is 1. The molecule has 1 rings (SSSR count). The number of benzene rings is 1. The van der Waals surface area contributed by atoms with Crippen molar-refractivity contribution < 1.29 is 15.0 Å². The molecular weight excluding hydrogens is 328 g/mol. The van der Waals surface area contributed by atoms with Crippen molar-refractivity contribution in [2.24, 2.45) is 0 Å². The minimum absolute atomic E-state index is 0.390. The molecule has 0 aromatic heterocycles. The Morgan fingerprint density at radius 1 is 1.27 bits per heavy atom. The summed E-state index contributed by atoms with van der Waals surface area (Å²) in [5.74, 6) is -0.443. The van der Waals surface area contributed by atoms with Crippen molar-refractivity contribution in [1.82, 2.24) is 0 Å². The molecule has 5 heteroatoms. The van der Waals surface area contributed by atoms with E-state index in [9.17, 15) is 5.11 Å². The summed E-state index contributed by atoms with van der Waals surface area (Å²) in [4.78, 5) is 9.00. The van der Waals surface area contributed by atoms with E-state index in [0.717, 1.165) is 18.1 Å². The van der Waals surface area contributed by atoms with E-state index in [4.69, 9.17) is 9.90 Å². The van der Waals surface area contributed by atoms with Crippen LogP contribution in [0.15, 0.2) is 18.2 Å². The van der Waals surface area contributed by atoms with Gasteiger partial charge in [-0.2, -0.15) is 0 Å². The van der Waals surface area contributed by atoms with Crippen molar-refractivity contribution >= 4 is 37.8 Å². The molecule has 0 spiro atoms. The van der Waals surface area contributed by atoms with Crippen molar-refractivity contribution in [2.45, 2.75) is 17.6 Å². The van der Waals surface area contributed by atoms with Gasteiger partial charge in [0.1, 0.15) is 5.75 Å². The van der Waals surface area contributed by atoms with E-state index in [-0.39, 0.29) is 0 Å². The molecule has 0 aliphatic carbocycles. The zero-order valence-corrected chi connectivity index (χ0v) is 11.4. The highest BCUT2D eigenvalue weighted by Gasteiger charge is 2.03. The van der Waals surface area contributed by atoms with Gasteiger partial charge in [0.05, 0.1) is 0 Å². The maximum absolute atomic E-state index is 9.53. The first-order valence-corrected chi connectivity index (χ1v) is 6.38. The molecule has 3 nitrogen and oxygen atoms in total. The first-order chi connectivity index (χ1) is 7.02. The van der Waals surface area contributed by atoms with Crippen LogP contribution in [0.3, 0.4) is 0 Å². The Balaban J connectivity index is 0.000000423. The molecule has 0 aliphatic heterocycles. The van der Waals surface area contributed by atoms with Crippen LogP contribution in [-0.4, -0.2) is 16.2 Å². The van der Waals surface area contributed by atoms with Crippen molar-refractivity contribution in [3.8, 4) is 5.75 Å². The summed E-state index contributed by atoms with van der Waals surface area (Å²) in [6.45, 7) is 1.08. The number of hydrogen-bond acceptors (Lipinski definition) is 2. The molecule has 0 atom stereocenters. The lowest BCUT2D eigenvalue weighted by Gasteiger charge is -2.03. The van der Waals surface area contributed by atoms with Gasteiger partial charge in [0.2, 0.25) is 0 Å². The molecule has 2 N–H and O–H groups in total. The fraction of sp³-hybridized carbons (Fsp3) is 0.300. The molecule has 15 heavy (non-hydrogen) atoms. The minimum atomic E-state index is -0.833. The van der Waals surface area contributed by atoms with Gasteiger partial charge >= 0.3 is 0 Å². The van der Waals surface area contributed by atoms with E-state index in [1.807, 2.05) is 18.2 Å². The zero-order chi connectivity index (χ0) is 11.8. The number of phenolic OH excluding ortho intramolecular Hbond substituents is 1. The monoisotopic (exact) mass is 338 g/mol. The van der Waals surface area contributed by atoms with Gasteiger partial charge in [-0.25, -0.2) is 0 Å². The molecule has 0 amide bonds. The highest BCUT2D eigenvalue weighted by Crippen LogP contribution is 2.25. The van der Waals surface area contributed by atoms with Gasteiger partial charge < -0.3 is 10.2 Å². The van der Waals surface area contributed by atoms with E-state index in [1.165, 1.54) is 0 Å². The summed E-state index contributed by atoms with van der Waals surface area (Å²) < 4.78 is 0. The molecule has 0 fully saturated rings. The Morgan fingerprint density at radius 3 is 1.87 bits per heavy atom. The summed E-state index contributed by atoms with van der Waals surface area (Å²) in [5.41, 5.74) is 1.86. The predicted octanol–water partition coefficient (Wildman–Crippen LogP) is 3.27. The van der Waals surface area contributed by atoms with Crippen LogP contribution in [0.25, 0.3) is 0 Å². The molecule has 0 unspecified atom stereocenters. The van der Waals surface area contributed by atoms with Crippen molar-refractivity contribution in [3.05, 3.63) is 29.3 Å². The number of para-hydroxylation sites is 1. The lowest BCUT2D eigenvalue weighted by molar-refractivity contribution is -0.134. The third kappa shape index (κ3) is 5.79. The molecule has 0 heterocycles. The number of carbonyl (C=O) groups is 1. The van der Waals surface area contributed by atoms with Crippen LogP contribution in [0.2, 0.25) is 0 Å². The Morgan fingerprint density at radius 2 is 1.60 bits per heavy atom. The molecule has 1 aromatic carbocycles. The second-order valence-electron chi connectivity index (χ2n) is 2.71. The van der Waals surface area contributed by atoms with E-state index in [0.29, 0.717) is 16.4 Å². The van der Waals surface area contributed by atoms with Crippen molar-refractivity contribution in [3.63, 3.8) is 0 Å². The first kappa shape index (κ1) is 14.5. The van der Waals surface area contributed by atoms with Gasteiger partial charge in [-0.3, -0.25) is 4.79 Å². The largest absolute Gasteiger partial charge is 0.507 e. The minimum Gasteiger partial charge on any atom is -0.507 e. The zero-order valence-electron chi connectivity index (χ0n) is 8.20. The Hall–Kier alpha value is -0.550. The van der Waals surface area contributed by atoms with E-state index >= 15 is 0 Å². The fourth-order valence-electron chi connectivity index (χ4n) is 0.860. The molecule has 0 saturated heterocycles. The number of phenols is 1. The molecule has 0 aliphatic rings. The summed E-state index contributed by atoms with van der Waals surface area (Å²) in [6, 6.07) is 5.74. The lowest BCUT2D eigenvalue weighted by atomic mass is 10.1. The quantitative estimate of drug-likeness (QED) is 0.813. The van der Waals surface area contributed by atoms with Gasteiger partial charge in [0, 0.05) is 28.7 Å². The number of carboxylic acid groups (broad SMARTS) is 1. The summed E-state index contributed by atoms with van der Waals surface area (Å²) >= 11 is 6.59. The normalized spacial score (nSPS) is 9.00. The number of hydrogen-bond donors (Lipinski definition) is 2. The predicted molar refractivity (Wildman–Crippen MR) is 66.7 cm³/mol.